The summed E-state index contributed by atoms with van der Waals surface area (Å²) in [6.07, 6.45) is 1.73. The monoisotopic (exact) mass is 204 g/mol. The van der Waals surface area contributed by atoms with E-state index in [0.717, 1.165) is 5.52 Å². The first-order chi connectivity index (χ1) is 7.11. The molecule has 1 atom stereocenters. The SMILES string of the molecule is CC(=O)[C@H](N)c1ccc2[nH]ccc2c1O. The van der Waals surface area contributed by atoms with Gasteiger partial charge < -0.3 is 15.8 Å². The maximum Gasteiger partial charge on any atom is 0.151 e. The smallest absolute Gasteiger partial charge is 0.151 e. The molecule has 0 saturated heterocycles. The molecule has 0 fully saturated rings. The lowest BCUT2D eigenvalue weighted by Gasteiger charge is -2.10. The standard InChI is InChI=1S/C11H12N2O2/c1-6(14)10(12)8-2-3-9-7(11(8)15)4-5-13-9/h2-5,10,13,15H,12H2,1H3/t10-/m0/s1. The van der Waals surface area contributed by atoms with Crippen molar-refractivity contribution in [2.24, 2.45) is 5.73 Å². The van der Waals surface area contributed by atoms with Crippen molar-refractivity contribution in [1.29, 1.82) is 0 Å². The van der Waals surface area contributed by atoms with E-state index >= 15 is 0 Å². The fraction of sp³-hybridized carbons (Fsp3) is 0.182. The number of aromatic hydroxyl groups is 1. The summed E-state index contributed by atoms with van der Waals surface area (Å²) in [5, 5.41) is 10.6. The molecule has 2 rings (SSSR count). The fourth-order valence-electron chi connectivity index (χ4n) is 1.60. The van der Waals surface area contributed by atoms with Crippen molar-refractivity contribution in [3.05, 3.63) is 30.0 Å². The Morgan fingerprint density at radius 3 is 2.87 bits per heavy atom. The van der Waals surface area contributed by atoms with Gasteiger partial charge in [0, 0.05) is 22.7 Å². The third-order valence-corrected chi connectivity index (χ3v) is 2.51. The zero-order valence-electron chi connectivity index (χ0n) is 8.32. The molecule has 0 spiro atoms. The summed E-state index contributed by atoms with van der Waals surface area (Å²) in [4.78, 5) is 14.1. The zero-order valence-corrected chi connectivity index (χ0v) is 8.32. The van der Waals surface area contributed by atoms with E-state index in [-0.39, 0.29) is 11.5 Å². The van der Waals surface area contributed by atoms with Crippen LogP contribution in [0.5, 0.6) is 5.75 Å². The van der Waals surface area contributed by atoms with Gasteiger partial charge in [0.25, 0.3) is 0 Å². The summed E-state index contributed by atoms with van der Waals surface area (Å²) in [5.41, 5.74) is 6.97. The first-order valence-electron chi connectivity index (χ1n) is 4.66. The number of nitrogens with two attached hydrogens (primary N) is 1. The highest BCUT2D eigenvalue weighted by Crippen LogP contribution is 2.31. The number of aromatic amines is 1. The van der Waals surface area contributed by atoms with Gasteiger partial charge in [0.15, 0.2) is 5.78 Å². The Kier molecular flexibility index (Phi) is 2.21. The molecule has 15 heavy (non-hydrogen) atoms. The van der Waals surface area contributed by atoms with Crippen molar-refractivity contribution in [3.8, 4) is 5.75 Å². The maximum atomic E-state index is 11.1. The molecule has 1 aromatic heterocycles. The molecule has 0 bridgehead atoms. The Hall–Kier alpha value is -1.81. The van der Waals surface area contributed by atoms with E-state index in [1.165, 1.54) is 6.92 Å². The molecular weight excluding hydrogens is 192 g/mol. The molecule has 1 heterocycles. The van der Waals surface area contributed by atoms with Crippen LogP contribution in [-0.4, -0.2) is 15.9 Å². The van der Waals surface area contributed by atoms with Crippen LogP contribution in [0.3, 0.4) is 0 Å². The molecule has 4 heteroatoms. The molecular formula is C11H12N2O2. The number of rotatable bonds is 2. The number of Topliss-reactive ketones (excluding diaryl/α,β-unsaturated/α-hetero) is 1. The molecule has 0 unspecified atom stereocenters. The highest BCUT2D eigenvalue weighted by molar-refractivity contribution is 5.90. The molecule has 0 amide bonds. The van der Waals surface area contributed by atoms with E-state index in [1.807, 2.05) is 0 Å². The number of hydrogen-bond donors (Lipinski definition) is 3. The van der Waals surface area contributed by atoms with Gasteiger partial charge in [-0.15, -0.1) is 0 Å². The lowest BCUT2D eigenvalue weighted by atomic mass is 10.0. The predicted molar refractivity (Wildman–Crippen MR) is 57.6 cm³/mol. The van der Waals surface area contributed by atoms with Gasteiger partial charge in [-0.05, 0) is 19.1 Å². The molecule has 0 saturated carbocycles. The third-order valence-electron chi connectivity index (χ3n) is 2.51. The molecule has 78 valence electrons. The lowest BCUT2D eigenvalue weighted by Crippen LogP contribution is -2.18. The van der Waals surface area contributed by atoms with Crippen molar-refractivity contribution in [2.75, 3.05) is 0 Å². The number of phenols is 1. The van der Waals surface area contributed by atoms with Crippen LogP contribution >= 0.6 is 0 Å². The molecule has 2 aromatic rings. The van der Waals surface area contributed by atoms with Crippen LogP contribution in [0.2, 0.25) is 0 Å². The molecule has 0 aliphatic carbocycles. The van der Waals surface area contributed by atoms with Gasteiger partial charge in [-0.2, -0.15) is 0 Å². The summed E-state index contributed by atoms with van der Waals surface area (Å²) >= 11 is 0. The number of aromatic nitrogens is 1. The molecule has 1 aromatic carbocycles. The fourth-order valence-corrected chi connectivity index (χ4v) is 1.60. The van der Waals surface area contributed by atoms with Gasteiger partial charge in [-0.25, -0.2) is 0 Å². The summed E-state index contributed by atoms with van der Waals surface area (Å²) < 4.78 is 0. The van der Waals surface area contributed by atoms with Crippen molar-refractivity contribution >= 4 is 16.7 Å². The number of fused-ring (bicyclic) bond motifs is 1. The number of carbonyl (C=O) groups excluding carboxylic acids is 1. The predicted octanol–water partition coefficient (Wildman–Crippen LogP) is 1.46. The molecule has 4 nitrogen and oxygen atoms in total. The topological polar surface area (TPSA) is 79.1 Å². The average Bonchev–Trinajstić information content (AvgIpc) is 2.66. The zero-order chi connectivity index (χ0) is 11.0. The van der Waals surface area contributed by atoms with Crippen molar-refractivity contribution in [2.45, 2.75) is 13.0 Å². The highest BCUT2D eigenvalue weighted by atomic mass is 16.3. The van der Waals surface area contributed by atoms with Crippen LogP contribution in [0.4, 0.5) is 0 Å². The number of hydrogen-bond acceptors (Lipinski definition) is 3. The Bertz CT molecular complexity index is 516. The normalized spacial score (nSPS) is 12.9. The van der Waals surface area contributed by atoms with E-state index in [2.05, 4.69) is 4.98 Å². The molecule has 4 N–H and O–H groups in total. The average molecular weight is 204 g/mol. The second-order valence-electron chi connectivity index (χ2n) is 3.53. The maximum absolute atomic E-state index is 11.1. The number of phenolic OH excluding ortho intramolecular Hbond substituents is 1. The Morgan fingerprint density at radius 2 is 2.20 bits per heavy atom. The molecule has 0 aliphatic rings. The Labute approximate surface area is 86.7 Å². The van der Waals surface area contributed by atoms with Crippen LogP contribution in [0.1, 0.15) is 18.5 Å². The van der Waals surface area contributed by atoms with E-state index in [4.69, 9.17) is 5.73 Å². The quantitative estimate of drug-likeness (QED) is 0.692. The number of ketones is 1. The van der Waals surface area contributed by atoms with Gasteiger partial charge in [0.1, 0.15) is 5.75 Å². The Balaban J connectivity index is 2.62. The van der Waals surface area contributed by atoms with Crippen molar-refractivity contribution in [3.63, 3.8) is 0 Å². The number of nitrogens with one attached hydrogen (secondary N) is 1. The van der Waals surface area contributed by atoms with Gasteiger partial charge >= 0.3 is 0 Å². The van der Waals surface area contributed by atoms with Crippen LogP contribution in [0.15, 0.2) is 24.4 Å². The summed E-state index contributed by atoms with van der Waals surface area (Å²) in [7, 11) is 0. The first-order valence-corrected chi connectivity index (χ1v) is 4.66. The highest BCUT2D eigenvalue weighted by Gasteiger charge is 2.17. The van der Waals surface area contributed by atoms with Gasteiger partial charge in [-0.3, -0.25) is 4.79 Å². The lowest BCUT2D eigenvalue weighted by molar-refractivity contribution is -0.118. The van der Waals surface area contributed by atoms with Crippen LogP contribution < -0.4 is 5.73 Å². The summed E-state index contributed by atoms with van der Waals surface area (Å²) in [6, 6.07) is 4.46. The third kappa shape index (κ3) is 1.49. The van der Waals surface area contributed by atoms with Crippen LogP contribution in [-0.2, 0) is 4.79 Å². The number of carbonyl (C=O) groups is 1. The van der Waals surface area contributed by atoms with E-state index in [1.54, 1.807) is 24.4 Å². The second kappa shape index (κ2) is 3.40. The largest absolute Gasteiger partial charge is 0.507 e. The molecule has 0 aliphatic heterocycles. The van der Waals surface area contributed by atoms with E-state index < -0.39 is 6.04 Å². The van der Waals surface area contributed by atoms with Crippen LogP contribution in [0, 0.1) is 0 Å². The van der Waals surface area contributed by atoms with E-state index in [0.29, 0.717) is 10.9 Å². The minimum atomic E-state index is -0.760. The van der Waals surface area contributed by atoms with Gasteiger partial charge in [0.05, 0.1) is 6.04 Å². The van der Waals surface area contributed by atoms with E-state index in [9.17, 15) is 9.90 Å². The summed E-state index contributed by atoms with van der Waals surface area (Å²) in [6.45, 7) is 1.41. The van der Waals surface area contributed by atoms with Crippen LogP contribution in [0.25, 0.3) is 10.9 Å². The Morgan fingerprint density at radius 1 is 1.47 bits per heavy atom. The van der Waals surface area contributed by atoms with Crippen molar-refractivity contribution in [1.82, 2.24) is 4.98 Å². The second-order valence-corrected chi connectivity index (χ2v) is 3.53. The minimum Gasteiger partial charge on any atom is -0.507 e. The van der Waals surface area contributed by atoms with Crippen molar-refractivity contribution < 1.29 is 9.90 Å². The van der Waals surface area contributed by atoms with Gasteiger partial charge in [0.2, 0.25) is 0 Å². The number of H-pyrrole nitrogens is 1. The summed E-state index contributed by atoms with van der Waals surface area (Å²) in [5.74, 6) is -0.0864. The number of benzene rings is 1. The minimum absolute atomic E-state index is 0.0800. The van der Waals surface area contributed by atoms with Gasteiger partial charge in [-0.1, -0.05) is 6.07 Å². The first kappa shape index (κ1) is 9.73. The molecule has 0 radical (unpaired) electrons.